The van der Waals surface area contributed by atoms with Gasteiger partial charge < -0.3 is 19.8 Å². The van der Waals surface area contributed by atoms with E-state index in [1.165, 1.54) is 12.1 Å². The van der Waals surface area contributed by atoms with Gasteiger partial charge in [-0.25, -0.2) is 4.79 Å². The Morgan fingerprint density at radius 3 is 2.81 bits per heavy atom. The number of nitrogens with zero attached hydrogens (tertiary/aromatic N) is 1. The molecule has 2 N–H and O–H groups in total. The minimum Gasteiger partial charge on any atom is -0.508 e. The van der Waals surface area contributed by atoms with E-state index >= 15 is 0 Å². The fourth-order valence-corrected chi connectivity index (χ4v) is 2.40. The molecule has 1 aromatic rings. The molecule has 1 fully saturated rings. The van der Waals surface area contributed by atoms with Crippen molar-refractivity contribution >= 4 is 11.9 Å². The van der Waals surface area contributed by atoms with Crippen LogP contribution in [0, 0.1) is 5.92 Å². The number of phenolic OH excluding ortho intramolecular Hbond substituents is 2. The van der Waals surface area contributed by atoms with Crippen LogP contribution >= 0.6 is 0 Å². The minimum atomic E-state index is -0.786. The fraction of sp³-hybridized carbons (Fsp3) is 0.467. The van der Waals surface area contributed by atoms with E-state index in [4.69, 9.17) is 9.84 Å². The second-order valence-corrected chi connectivity index (χ2v) is 5.36. The van der Waals surface area contributed by atoms with Crippen LogP contribution in [-0.4, -0.2) is 46.7 Å². The zero-order valence-electron chi connectivity index (χ0n) is 11.9. The molecule has 0 aromatic heterocycles. The summed E-state index contributed by atoms with van der Waals surface area (Å²) in [7, 11) is 0. The Morgan fingerprint density at radius 1 is 1.38 bits per heavy atom. The summed E-state index contributed by atoms with van der Waals surface area (Å²) >= 11 is 0. The molecule has 1 aliphatic rings. The molecule has 0 aliphatic carbocycles. The molecule has 1 atom stereocenters. The quantitative estimate of drug-likeness (QED) is 0.825. The first-order chi connectivity index (χ1) is 9.97. The van der Waals surface area contributed by atoms with Gasteiger partial charge in [0.15, 0.2) is 6.61 Å². The lowest BCUT2D eigenvalue weighted by Gasteiger charge is -2.30. The molecule has 1 aromatic carbocycles. The van der Waals surface area contributed by atoms with Gasteiger partial charge in [-0.15, -0.1) is 0 Å². The minimum absolute atomic E-state index is 0.0763. The molecule has 6 nitrogen and oxygen atoms in total. The van der Waals surface area contributed by atoms with E-state index in [0.29, 0.717) is 19.0 Å². The molecule has 1 saturated heterocycles. The smallest absolute Gasteiger partial charge is 0.342 e. The Bertz CT molecular complexity index is 543. The predicted molar refractivity (Wildman–Crippen MR) is 75.0 cm³/mol. The molecule has 0 unspecified atom stereocenters. The molecule has 0 bridgehead atoms. The summed E-state index contributed by atoms with van der Waals surface area (Å²) < 4.78 is 4.93. The van der Waals surface area contributed by atoms with E-state index in [9.17, 15) is 14.7 Å². The highest BCUT2D eigenvalue weighted by molar-refractivity contribution is 5.94. The van der Waals surface area contributed by atoms with Gasteiger partial charge in [-0.1, -0.05) is 6.92 Å². The van der Waals surface area contributed by atoms with Crippen LogP contribution < -0.4 is 0 Å². The Kier molecular flexibility index (Phi) is 4.67. The fourth-order valence-electron chi connectivity index (χ4n) is 2.40. The highest BCUT2D eigenvalue weighted by Crippen LogP contribution is 2.23. The molecule has 2 rings (SSSR count). The predicted octanol–water partition coefficient (Wildman–Crippen LogP) is 1.51. The van der Waals surface area contributed by atoms with Gasteiger partial charge in [0.05, 0.1) is 0 Å². The molecule has 1 aliphatic heterocycles. The highest BCUT2D eigenvalue weighted by atomic mass is 16.5. The molecule has 0 radical (unpaired) electrons. The number of piperidine rings is 1. The second kappa shape index (κ2) is 6.47. The number of aromatic hydroxyl groups is 2. The van der Waals surface area contributed by atoms with Crippen LogP contribution in [0.2, 0.25) is 0 Å². The summed E-state index contributed by atoms with van der Waals surface area (Å²) in [6, 6.07) is 3.57. The van der Waals surface area contributed by atoms with Crippen molar-refractivity contribution in [3.63, 3.8) is 0 Å². The molecular formula is C15H19NO5. The Hall–Kier alpha value is -2.24. The molecule has 1 heterocycles. The van der Waals surface area contributed by atoms with E-state index in [0.717, 1.165) is 18.9 Å². The van der Waals surface area contributed by atoms with Crippen LogP contribution in [0.4, 0.5) is 0 Å². The first kappa shape index (κ1) is 15.2. The van der Waals surface area contributed by atoms with Gasteiger partial charge in [0.2, 0.25) is 0 Å². The Labute approximate surface area is 122 Å². The molecule has 114 valence electrons. The van der Waals surface area contributed by atoms with E-state index in [-0.39, 0.29) is 29.6 Å². The first-order valence-corrected chi connectivity index (χ1v) is 6.94. The SMILES string of the molecule is C[C@@H]1CCCN(C(=O)COC(=O)c2ccc(O)cc2O)C1. The third kappa shape index (κ3) is 3.87. The van der Waals surface area contributed by atoms with Gasteiger partial charge in [-0.2, -0.15) is 0 Å². The van der Waals surface area contributed by atoms with Crippen LogP contribution in [0.3, 0.4) is 0 Å². The number of hydrogen-bond donors (Lipinski definition) is 2. The van der Waals surface area contributed by atoms with Crippen molar-refractivity contribution in [3.05, 3.63) is 23.8 Å². The van der Waals surface area contributed by atoms with Gasteiger partial charge >= 0.3 is 5.97 Å². The first-order valence-electron chi connectivity index (χ1n) is 6.94. The standard InChI is InChI=1S/C15H19NO5/c1-10-3-2-6-16(8-10)14(19)9-21-15(20)12-5-4-11(17)7-13(12)18/h4-5,7,10,17-18H,2-3,6,8-9H2,1H3/t10-/m1/s1. The summed E-state index contributed by atoms with van der Waals surface area (Å²) in [5.41, 5.74) is -0.0763. The third-order valence-corrected chi connectivity index (χ3v) is 3.54. The summed E-state index contributed by atoms with van der Waals surface area (Å²) in [6.07, 6.45) is 2.06. The summed E-state index contributed by atoms with van der Waals surface area (Å²) in [5.74, 6) is -1.08. The van der Waals surface area contributed by atoms with Crippen molar-refractivity contribution in [3.8, 4) is 11.5 Å². The third-order valence-electron chi connectivity index (χ3n) is 3.54. The van der Waals surface area contributed by atoms with Gasteiger partial charge in [0.1, 0.15) is 17.1 Å². The van der Waals surface area contributed by atoms with Gasteiger partial charge in [-0.05, 0) is 30.9 Å². The summed E-state index contributed by atoms with van der Waals surface area (Å²) in [6.45, 7) is 3.11. The van der Waals surface area contributed by atoms with E-state index in [2.05, 4.69) is 6.92 Å². The highest BCUT2D eigenvalue weighted by Gasteiger charge is 2.22. The van der Waals surface area contributed by atoms with Crippen LogP contribution in [0.1, 0.15) is 30.1 Å². The van der Waals surface area contributed by atoms with Crippen LogP contribution in [0.15, 0.2) is 18.2 Å². The van der Waals surface area contributed by atoms with Crippen LogP contribution in [0.25, 0.3) is 0 Å². The number of carbonyl (C=O) groups excluding carboxylic acids is 2. The largest absolute Gasteiger partial charge is 0.508 e. The Balaban J connectivity index is 1.90. The second-order valence-electron chi connectivity index (χ2n) is 5.36. The number of amides is 1. The zero-order valence-corrected chi connectivity index (χ0v) is 11.9. The maximum absolute atomic E-state index is 12.0. The van der Waals surface area contributed by atoms with Gasteiger partial charge in [0, 0.05) is 19.2 Å². The molecule has 21 heavy (non-hydrogen) atoms. The van der Waals surface area contributed by atoms with Crippen molar-refractivity contribution in [2.24, 2.45) is 5.92 Å². The molecule has 1 amide bonds. The van der Waals surface area contributed by atoms with E-state index < -0.39 is 5.97 Å². The number of hydrogen-bond acceptors (Lipinski definition) is 5. The van der Waals surface area contributed by atoms with Crippen LogP contribution in [0.5, 0.6) is 11.5 Å². The lowest BCUT2D eigenvalue weighted by molar-refractivity contribution is -0.136. The van der Waals surface area contributed by atoms with Crippen molar-refractivity contribution in [1.29, 1.82) is 0 Å². The normalized spacial score (nSPS) is 18.3. The summed E-state index contributed by atoms with van der Waals surface area (Å²) in [5, 5.41) is 18.7. The zero-order chi connectivity index (χ0) is 15.4. The molecule has 0 saturated carbocycles. The van der Waals surface area contributed by atoms with Crippen molar-refractivity contribution in [2.75, 3.05) is 19.7 Å². The molecule has 0 spiro atoms. The number of phenols is 2. The maximum atomic E-state index is 12.0. The lowest BCUT2D eigenvalue weighted by atomic mass is 10.0. The monoisotopic (exact) mass is 293 g/mol. The van der Waals surface area contributed by atoms with Crippen molar-refractivity contribution in [2.45, 2.75) is 19.8 Å². The van der Waals surface area contributed by atoms with E-state index in [1.54, 1.807) is 4.90 Å². The van der Waals surface area contributed by atoms with Crippen LogP contribution in [-0.2, 0) is 9.53 Å². The lowest BCUT2D eigenvalue weighted by Crippen LogP contribution is -2.41. The number of carbonyl (C=O) groups is 2. The number of esters is 1. The maximum Gasteiger partial charge on any atom is 0.342 e. The van der Waals surface area contributed by atoms with E-state index in [1.807, 2.05) is 0 Å². The number of likely N-dealkylation sites (tertiary alicyclic amines) is 1. The van der Waals surface area contributed by atoms with Gasteiger partial charge in [-0.3, -0.25) is 4.79 Å². The number of benzene rings is 1. The number of rotatable bonds is 3. The average molecular weight is 293 g/mol. The van der Waals surface area contributed by atoms with Crippen molar-refractivity contribution in [1.82, 2.24) is 4.90 Å². The Morgan fingerprint density at radius 2 is 2.14 bits per heavy atom. The average Bonchev–Trinajstić information content (AvgIpc) is 2.44. The van der Waals surface area contributed by atoms with Gasteiger partial charge in [0.25, 0.3) is 5.91 Å². The number of ether oxygens (including phenoxy) is 1. The molecule has 6 heteroatoms. The van der Waals surface area contributed by atoms with Crippen molar-refractivity contribution < 1.29 is 24.5 Å². The summed E-state index contributed by atoms with van der Waals surface area (Å²) in [4.78, 5) is 25.5. The topological polar surface area (TPSA) is 87.1 Å². The molecular weight excluding hydrogens is 274 g/mol.